The van der Waals surface area contributed by atoms with E-state index in [1.165, 1.54) is 0 Å². The Bertz CT molecular complexity index is 1400. The van der Waals surface area contributed by atoms with Crippen molar-refractivity contribution in [3.63, 3.8) is 0 Å². The van der Waals surface area contributed by atoms with Gasteiger partial charge in [-0.3, -0.25) is 13.9 Å². The lowest BCUT2D eigenvalue weighted by Crippen LogP contribution is -2.08. The van der Waals surface area contributed by atoms with Crippen molar-refractivity contribution < 1.29 is 45.7 Å². The van der Waals surface area contributed by atoms with Crippen LogP contribution < -0.4 is 5.43 Å². The fourth-order valence-electron chi connectivity index (χ4n) is 2.58. The van der Waals surface area contributed by atoms with Crippen molar-refractivity contribution >= 4 is 31.2 Å². The molecule has 148 valence electrons. The van der Waals surface area contributed by atoms with Gasteiger partial charge in [0.15, 0.2) is 10.6 Å². The molecule has 0 radical (unpaired) electrons. The summed E-state index contributed by atoms with van der Waals surface area (Å²) in [6.07, 6.45) is 0.830. The maximum Gasteiger partial charge on any atom is 0.301 e. The molecule has 1 heterocycles. The molecule has 0 aliphatic rings. The van der Waals surface area contributed by atoms with Crippen LogP contribution in [0.25, 0.3) is 22.1 Å². The zero-order valence-electron chi connectivity index (χ0n) is 13.4. The summed E-state index contributed by atoms with van der Waals surface area (Å²) in [5.74, 6) is -3.14. The third-order valence-corrected chi connectivity index (χ3v) is 5.58. The zero-order valence-corrected chi connectivity index (χ0v) is 15.0. The Morgan fingerprint density at radius 1 is 0.857 bits per heavy atom. The normalized spacial score (nSPS) is 12.4. The lowest BCUT2D eigenvalue weighted by atomic mass is 10.0. The Morgan fingerprint density at radius 2 is 1.50 bits per heavy atom. The molecule has 0 unspecified atom stereocenters. The highest BCUT2D eigenvalue weighted by atomic mass is 32.2. The van der Waals surface area contributed by atoms with Crippen LogP contribution in [0.4, 0.5) is 0 Å². The van der Waals surface area contributed by atoms with Crippen molar-refractivity contribution in [3.8, 4) is 28.4 Å². The second-order valence-electron chi connectivity index (χ2n) is 5.56. The number of phenolic OH excluding ortho intramolecular Hbond substituents is 3. The molecule has 0 saturated carbocycles. The van der Waals surface area contributed by atoms with Crippen LogP contribution in [0.5, 0.6) is 17.2 Å². The average Bonchev–Trinajstić information content (AvgIpc) is 2.53. The number of fused-ring (bicyclic) bond motifs is 1. The molecule has 1 aromatic heterocycles. The monoisotopic (exact) mass is 430 g/mol. The van der Waals surface area contributed by atoms with Gasteiger partial charge in [-0.05, 0) is 17.7 Å². The lowest BCUT2D eigenvalue weighted by Gasteiger charge is -2.09. The SMILES string of the molecule is O=c1c(-c2ccc(O)c(S(=O)(=O)O)c2)coc2cc(O)c(S(=O)(=O)O)c(O)c12. The molecule has 0 amide bonds. The van der Waals surface area contributed by atoms with Gasteiger partial charge in [0.1, 0.15) is 33.6 Å². The smallest absolute Gasteiger partial charge is 0.301 e. The highest BCUT2D eigenvalue weighted by Gasteiger charge is 2.27. The molecular weight excluding hydrogens is 420 g/mol. The maximum atomic E-state index is 12.7. The number of phenols is 3. The van der Waals surface area contributed by atoms with Crippen molar-refractivity contribution in [2.75, 3.05) is 0 Å². The summed E-state index contributed by atoms with van der Waals surface area (Å²) < 4.78 is 68.7. The van der Waals surface area contributed by atoms with Gasteiger partial charge in [-0.2, -0.15) is 16.8 Å². The third kappa shape index (κ3) is 3.16. The molecule has 3 aromatic rings. The fourth-order valence-corrected chi connectivity index (χ4v) is 3.86. The Balaban J connectivity index is 2.40. The summed E-state index contributed by atoms with van der Waals surface area (Å²) in [6.45, 7) is 0. The molecule has 0 fully saturated rings. The second-order valence-corrected chi connectivity index (χ2v) is 8.31. The molecule has 0 saturated heterocycles. The first-order chi connectivity index (χ1) is 12.8. The number of hydrogen-bond donors (Lipinski definition) is 5. The lowest BCUT2D eigenvalue weighted by molar-refractivity contribution is 0.412. The van der Waals surface area contributed by atoms with Gasteiger partial charge in [0.25, 0.3) is 10.1 Å². The molecule has 13 heteroatoms. The third-order valence-electron chi connectivity index (χ3n) is 3.78. The minimum atomic E-state index is -5.11. The molecule has 0 aliphatic carbocycles. The van der Waals surface area contributed by atoms with Crippen molar-refractivity contribution in [1.82, 2.24) is 0 Å². The van der Waals surface area contributed by atoms with E-state index < -0.39 is 63.7 Å². The van der Waals surface area contributed by atoms with Gasteiger partial charge in [0, 0.05) is 6.07 Å². The number of aromatic hydroxyl groups is 3. The summed E-state index contributed by atoms with van der Waals surface area (Å²) in [7, 11) is -9.94. The van der Waals surface area contributed by atoms with Gasteiger partial charge >= 0.3 is 10.1 Å². The molecular formula is C15H10O11S2. The van der Waals surface area contributed by atoms with E-state index >= 15 is 0 Å². The predicted octanol–water partition coefficient (Wildman–Crippen LogP) is 1.07. The fraction of sp³-hybridized carbons (Fsp3) is 0. The summed E-state index contributed by atoms with van der Waals surface area (Å²) in [5.41, 5.74) is -2.01. The van der Waals surface area contributed by atoms with Crippen LogP contribution in [0.1, 0.15) is 0 Å². The molecule has 0 spiro atoms. The second kappa shape index (κ2) is 6.20. The molecule has 3 rings (SSSR count). The van der Waals surface area contributed by atoms with Crippen LogP contribution in [0, 0.1) is 0 Å². The van der Waals surface area contributed by atoms with E-state index in [0.29, 0.717) is 6.07 Å². The summed E-state index contributed by atoms with van der Waals surface area (Å²) in [6, 6.07) is 3.42. The Labute approximate surface area is 156 Å². The molecule has 28 heavy (non-hydrogen) atoms. The van der Waals surface area contributed by atoms with Gasteiger partial charge in [0.2, 0.25) is 5.43 Å². The summed E-state index contributed by atoms with van der Waals surface area (Å²) >= 11 is 0. The molecule has 2 aromatic carbocycles. The van der Waals surface area contributed by atoms with E-state index in [2.05, 4.69) is 0 Å². The number of hydrogen-bond acceptors (Lipinski definition) is 9. The topological polar surface area (TPSA) is 200 Å². The van der Waals surface area contributed by atoms with Crippen molar-refractivity contribution in [1.29, 1.82) is 0 Å². The van der Waals surface area contributed by atoms with Gasteiger partial charge in [-0.15, -0.1) is 0 Å². The highest BCUT2D eigenvalue weighted by molar-refractivity contribution is 7.86. The van der Waals surface area contributed by atoms with Gasteiger partial charge in [0.05, 0.1) is 5.56 Å². The summed E-state index contributed by atoms with van der Waals surface area (Å²) in [5, 5.41) is 28.6. The van der Waals surface area contributed by atoms with Gasteiger partial charge in [-0.25, -0.2) is 0 Å². The minimum Gasteiger partial charge on any atom is -0.506 e. The Hall–Kier alpha value is -3.13. The van der Waals surface area contributed by atoms with E-state index in [4.69, 9.17) is 13.5 Å². The van der Waals surface area contributed by atoms with Crippen LogP contribution >= 0.6 is 0 Å². The predicted molar refractivity (Wildman–Crippen MR) is 92.5 cm³/mol. The number of rotatable bonds is 3. The van der Waals surface area contributed by atoms with Crippen molar-refractivity contribution in [3.05, 3.63) is 40.8 Å². The van der Waals surface area contributed by atoms with Crippen LogP contribution in [0.15, 0.2) is 49.5 Å². The zero-order chi connectivity index (χ0) is 21.0. The Morgan fingerprint density at radius 3 is 2.07 bits per heavy atom. The maximum absolute atomic E-state index is 12.7. The van der Waals surface area contributed by atoms with E-state index in [1.54, 1.807) is 0 Å². The van der Waals surface area contributed by atoms with Crippen molar-refractivity contribution in [2.45, 2.75) is 9.79 Å². The van der Waals surface area contributed by atoms with Gasteiger partial charge < -0.3 is 19.7 Å². The van der Waals surface area contributed by atoms with E-state index in [-0.39, 0.29) is 11.1 Å². The first-order valence-electron chi connectivity index (χ1n) is 7.11. The van der Waals surface area contributed by atoms with Crippen LogP contribution in [0.3, 0.4) is 0 Å². The van der Waals surface area contributed by atoms with Crippen LogP contribution in [-0.4, -0.2) is 41.3 Å². The first-order valence-corrected chi connectivity index (χ1v) is 9.99. The number of benzene rings is 2. The molecule has 0 aliphatic heterocycles. The van der Waals surface area contributed by atoms with Crippen LogP contribution in [-0.2, 0) is 20.2 Å². The first kappa shape index (κ1) is 19.6. The van der Waals surface area contributed by atoms with Gasteiger partial charge in [-0.1, -0.05) is 6.07 Å². The van der Waals surface area contributed by atoms with Crippen molar-refractivity contribution in [2.24, 2.45) is 0 Å². The largest absolute Gasteiger partial charge is 0.506 e. The molecule has 0 atom stereocenters. The summed E-state index contributed by atoms with van der Waals surface area (Å²) in [4.78, 5) is 10.5. The molecule has 0 bridgehead atoms. The van der Waals surface area contributed by atoms with E-state index in [9.17, 15) is 36.9 Å². The minimum absolute atomic E-state index is 0.165. The average molecular weight is 430 g/mol. The molecule has 5 N–H and O–H groups in total. The van der Waals surface area contributed by atoms with Crippen LogP contribution in [0.2, 0.25) is 0 Å². The molecule has 11 nitrogen and oxygen atoms in total. The highest BCUT2D eigenvalue weighted by Crippen LogP contribution is 2.38. The quantitative estimate of drug-likeness (QED) is 0.372. The Kier molecular flexibility index (Phi) is 4.35. The standard InChI is InChI=1S/C15H10O11S2/c16-8-2-1-6(3-11(8)27(20,21)22)7-5-26-10-4-9(17)15(28(23,24)25)14(19)12(10)13(7)18/h1-5,16-17,19H,(H,20,21,22)(H,23,24,25). The van der Waals surface area contributed by atoms with E-state index in [1.807, 2.05) is 0 Å². The van der Waals surface area contributed by atoms with E-state index in [0.717, 1.165) is 24.5 Å².